The summed E-state index contributed by atoms with van der Waals surface area (Å²) in [4.78, 5) is 9.82. The van der Waals surface area contributed by atoms with E-state index in [0.29, 0.717) is 0 Å². The molecule has 14 heavy (non-hydrogen) atoms. The van der Waals surface area contributed by atoms with Crippen molar-refractivity contribution in [1.29, 1.82) is 5.26 Å². The van der Waals surface area contributed by atoms with Crippen molar-refractivity contribution in [2.45, 2.75) is 0 Å². The highest BCUT2D eigenvalue weighted by molar-refractivity contribution is 5.54. The van der Waals surface area contributed by atoms with Crippen LogP contribution in [0.15, 0.2) is 18.2 Å². The summed E-state index contributed by atoms with van der Waals surface area (Å²) in [6, 6.07) is 5.10. The van der Waals surface area contributed by atoms with Gasteiger partial charge < -0.3 is 5.11 Å². The molecule has 0 bridgehead atoms. The minimum atomic E-state index is -0.666. The van der Waals surface area contributed by atoms with E-state index in [2.05, 4.69) is 5.92 Å². The van der Waals surface area contributed by atoms with Crippen LogP contribution in [-0.2, 0) is 0 Å². The lowest BCUT2D eigenvalue weighted by Crippen LogP contribution is -1.91. The van der Waals surface area contributed by atoms with Crippen molar-refractivity contribution in [2.75, 3.05) is 0 Å². The number of nitro groups is 1. The molecule has 0 unspecified atom stereocenters. The summed E-state index contributed by atoms with van der Waals surface area (Å²) in [6.07, 6.45) is 0. The maximum Gasteiger partial charge on any atom is 0.288 e. The highest BCUT2D eigenvalue weighted by atomic mass is 16.6. The van der Waals surface area contributed by atoms with E-state index in [4.69, 9.17) is 10.4 Å². The number of nitro benzene ring substituents is 1. The number of phenols is 1. The quantitative estimate of drug-likeness (QED) is 0.407. The van der Waals surface area contributed by atoms with Crippen molar-refractivity contribution in [3.05, 3.63) is 33.9 Å². The second-order valence-electron chi connectivity index (χ2n) is 2.32. The first-order chi connectivity index (χ1) is 6.65. The predicted octanol–water partition coefficient (Wildman–Crippen LogP) is 1.18. The Kier molecular flexibility index (Phi) is 2.68. The monoisotopic (exact) mass is 188 g/mol. The van der Waals surface area contributed by atoms with E-state index < -0.39 is 4.92 Å². The fourth-order valence-electron chi connectivity index (χ4n) is 0.872. The third-order valence-corrected chi connectivity index (χ3v) is 1.43. The standard InChI is InChI=1S/C9H4N2O3/c10-5-1-2-7-3-4-8(12)6-9(7)11(13)14/h3-4,6,12H. The lowest BCUT2D eigenvalue weighted by atomic mass is 10.2. The second kappa shape index (κ2) is 3.92. The van der Waals surface area contributed by atoms with E-state index in [1.54, 1.807) is 6.07 Å². The minimum Gasteiger partial charge on any atom is -0.508 e. The maximum absolute atomic E-state index is 10.5. The Hall–Kier alpha value is -2.53. The van der Waals surface area contributed by atoms with Gasteiger partial charge in [0.1, 0.15) is 11.3 Å². The molecule has 0 radical (unpaired) electrons. The van der Waals surface area contributed by atoms with Crippen molar-refractivity contribution < 1.29 is 10.0 Å². The van der Waals surface area contributed by atoms with Crippen LogP contribution in [0.2, 0.25) is 0 Å². The van der Waals surface area contributed by atoms with Crippen molar-refractivity contribution in [1.82, 2.24) is 0 Å². The van der Waals surface area contributed by atoms with Crippen LogP contribution in [0.5, 0.6) is 5.75 Å². The molecule has 0 fully saturated rings. The molecule has 0 aliphatic rings. The molecule has 0 aliphatic carbocycles. The van der Waals surface area contributed by atoms with Crippen LogP contribution in [0, 0.1) is 33.3 Å². The van der Waals surface area contributed by atoms with Gasteiger partial charge in [-0.05, 0) is 18.1 Å². The first kappa shape index (κ1) is 9.56. The number of nitrogens with zero attached hydrogens (tertiary/aromatic N) is 2. The van der Waals surface area contributed by atoms with Gasteiger partial charge in [0.05, 0.1) is 11.0 Å². The van der Waals surface area contributed by atoms with Gasteiger partial charge in [-0.15, -0.1) is 0 Å². The molecule has 1 aromatic carbocycles. The normalized spacial score (nSPS) is 8.21. The third-order valence-electron chi connectivity index (χ3n) is 1.43. The van der Waals surface area contributed by atoms with Gasteiger partial charge in [-0.25, -0.2) is 0 Å². The van der Waals surface area contributed by atoms with Crippen LogP contribution >= 0.6 is 0 Å². The lowest BCUT2D eigenvalue weighted by molar-refractivity contribution is -0.385. The van der Waals surface area contributed by atoms with E-state index in [-0.39, 0.29) is 17.0 Å². The summed E-state index contributed by atoms with van der Waals surface area (Å²) < 4.78 is 0. The van der Waals surface area contributed by atoms with Gasteiger partial charge in [0.2, 0.25) is 0 Å². The van der Waals surface area contributed by atoms with Gasteiger partial charge in [0, 0.05) is 5.92 Å². The molecule has 0 spiro atoms. The number of nitriles is 1. The second-order valence-corrected chi connectivity index (χ2v) is 2.32. The average Bonchev–Trinajstić information content (AvgIpc) is 2.15. The SMILES string of the molecule is N#CC#Cc1ccc(O)cc1[N+](=O)[O-]. The Bertz CT molecular complexity index is 477. The van der Waals surface area contributed by atoms with E-state index in [1.807, 2.05) is 5.92 Å². The summed E-state index contributed by atoms with van der Waals surface area (Å²) >= 11 is 0. The Morgan fingerprint density at radius 2 is 2.21 bits per heavy atom. The molecule has 0 aliphatic heterocycles. The van der Waals surface area contributed by atoms with Gasteiger partial charge in [0.15, 0.2) is 6.07 Å². The molecule has 1 N–H and O–H groups in total. The zero-order chi connectivity index (χ0) is 10.6. The third kappa shape index (κ3) is 1.99. The van der Waals surface area contributed by atoms with Gasteiger partial charge in [0.25, 0.3) is 5.69 Å². The molecule has 5 heteroatoms. The average molecular weight is 188 g/mol. The summed E-state index contributed by atoms with van der Waals surface area (Å²) in [5.41, 5.74) is -0.206. The van der Waals surface area contributed by atoms with Crippen molar-refractivity contribution in [2.24, 2.45) is 0 Å². The summed E-state index contributed by atoms with van der Waals surface area (Å²) in [7, 11) is 0. The molecule has 0 heterocycles. The molecule has 0 amide bonds. The molecule has 5 nitrogen and oxygen atoms in total. The number of hydrogen-bond acceptors (Lipinski definition) is 4. The van der Waals surface area contributed by atoms with Gasteiger partial charge >= 0.3 is 0 Å². The number of benzene rings is 1. The Labute approximate surface area is 79.4 Å². The number of hydrogen-bond donors (Lipinski definition) is 1. The molecule has 1 rings (SSSR count). The summed E-state index contributed by atoms with van der Waals surface area (Å²) in [5.74, 6) is 4.15. The smallest absolute Gasteiger partial charge is 0.288 e. The van der Waals surface area contributed by atoms with E-state index in [0.717, 1.165) is 6.07 Å². The number of phenolic OH excluding ortho intramolecular Hbond substituents is 1. The van der Waals surface area contributed by atoms with Crippen LogP contribution in [0.25, 0.3) is 0 Å². The van der Waals surface area contributed by atoms with E-state index in [1.165, 1.54) is 12.1 Å². The Morgan fingerprint density at radius 1 is 1.50 bits per heavy atom. The molecule has 0 saturated carbocycles. The van der Waals surface area contributed by atoms with E-state index >= 15 is 0 Å². The number of aromatic hydroxyl groups is 1. The zero-order valence-electron chi connectivity index (χ0n) is 6.89. The van der Waals surface area contributed by atoms with Crippen molar-refractivity contribution in [3.63, 3.8) is 0 Å². The van der Waals surface area contributed by atoms with Crippen LogP contribution in [0.1, 0.15) is 5.56 Å². The summed E-state index contributed by atoms with van der Waals surface area (Å²) in [6.45, 7) is 0. The minimum absolute atomic E-state index is 0.106. The molecule has 68 valence electrons. The fraction of sp³-hybridized carbons (Fsp3) is 0. The van der Waals surface area contributed by atoms with Crippen LogP contribution in [0.4, 0.5) is 5.69 Å². The van der Waals surface area contributed by atoms with Crippen LogP contribution in [-0.4, -0.2) is 10.0 Å². The molecular weight excluding hydrogens is 184 g/mol. The first-order valence-corrected chi connectivity index (χ1v) is 3.52. The molecular formula is C9H4N2O3. The lowest BCUT2D eigenvalue weighted by Gasteiger charge is -1.95. The molecule has 0 atom stereocenters. The number of rotatable bonds is 1. The summed E-state index contributed by atoms with van der Waals surface area (Å²) in [5, 5.41) is 27.6. The Morgan fingerprint density at radius 3 is 2.79 bits per heavy atom. The topological polar surface area (TPSA) is 87.2 Å². The van der Waals surface area contributed by atoms with E-state index in [9.17, 15) is 10.1 Å². The fourth-order valence-corrected chi connectivity index (χ4v) is 0.872. The zero-order valence-corrected chi connectivity index (χ0v) is 6.89. The molecule has 0 aromatic heterocycles. The van der Waals surface area contributed by atoms with Crippen molar-refractivity contribution >= 4 is 5.69 Å². The van der Waals surface area contributed by atoms with Crippen LogP contribution < -0.4 is 0 Å². The molecule has 0 saturated heterocycles. The van der Waals surface area contributed by atoms with Gasteiger partial charge in [-0.2, -0.15) is 5.26 Å². The Balaban J connectivity index is 3.30. The molecule has 1 aromatic rings. The highest BCUT2D eigenvalue weighted by Crippen LogP contribution is 2.22. The highest BCUT2D eigenvalue weighted by Gasteiger charge is 2.12. The van der Waals surface area contributed by atoms with Gasteiger partial charge in [-0.1, -0.05) is 0 Å². The first-order valence-electron chi connectivity index (χ1n) is 3.52. The predicted molar refractivity (Wildman–Crippen MR) is 47.3 cm³/mol. The van der Waals surface area contributed by atoms with Crippen LogP contribution in [0.3, 0.4) is 0 Å². The van der Waals surface area contributed by atoms with Gasteiger partial charge in [-0.3, -0.25) is 10.1 Å². The van der Waals surface area contributed by atoms with Crippen molar-refractivity contribution in [3.8, 4) is 23.7 Å². The maximum atomic E-state index is 10.5. The largest absolute Gasteiger partial charge is 0.508 e.